The van der Waals surface area contributed by atoms with Gasteiger partial charge in [0.05, 0.1) is 5.52 Å². The summed E-state index contributed by atoms with van der Waals surface area (Å²) < 4.78 is 2.08. The van der Waals surface area contributed by atoms with Crippen molar-refractivity contribution in [3.8, 4) is 0 Å². The fraction of sp³-hybridized carbons (Fsp3) is 0.296. The molecule has 1 saturated heterocycles. The average Bonchev–Trinajstić information content (AvgIpc) is 3.24. The molecule has 0 N–H and O–H groups in total. The number of likely N-dealkylation sites (tertiary alicyclic amines) is 1. The minimum Gasteiger partial charge on any atom is -0.338 e. The van der Waals surface area contributed by atoms with Crippen molar-refractivity contribution in [2.24, 2.45) is 5.92 Å². The number of amides is 1. The molecule has 0 saturated carbocycles. The lowest BCUT2D eigenvalue weighted by Crippen LogP contribution is -2.41. The summed E-state index contributed by atoms with van der Waals surface area (Å²) in [5, 5.41) is 1.18. The second-order valence-electron chi connectivity index (χ2n) is 8.72. The third kappa shape index (κ3) is 4.15. The van der Waals surface area contributed by atoms with Gasteiger partial charge in [0, 0.05) is 49.2 Å². The first-order valence-corrected chi connectivity index (χ1v) is 11.4. The summed E-state index contributed by atoms with van der Waals surface area (Å²) in [7, 11) is 0. The van der Waals surface area contributed by atoms with Crippen LogP contribution in [0.2, 0.25) is 0 Å². The van der Waals surface area contributed by atoms with Gasteiger partial charge in [-0.15, -0.1) is 0 Å². The number of para-hydroxylation sites is 1. The summed E-state index contributed by atoms with van der Waals surface area (Å²) in [5.74, 6) is 1.54. The molecule has 5 rings (SSSR count). The molecular weight excluding hydrogens is 396 g/mol. The molecule has 1 atom stereocenters. The number of hydrogen-bond donors (Lipinski definition) is 0. The summed E-state index contributed by atoms with van der Waals surface area (Å²) in [6.45, 7) is 4.26. The van der Waals surface area contributed by atoms with E-state index in [0.717, 1.165) is 54.8 Å². The Hall–Kier alpha value is -3.47. The summed E-state index contributed by atoms with van der Waals surface area (Å²) in [6, 6.07) is 18.5. The standard InChI is InChI=1S/C27H28N4O/c1-20-28-14-16-30(20)19-24-8-2-3-12-25(24)27(32)31-15-6-7-21(18-31)17-23-10-4-9-22-11-5-13-29-26(22)23/h2-5,8-14,16,21H,6-7,15,17-19H2,1H3. The zero-order valence-electron chi connectivity index (χ0n) is 18.4. The van der Waals surface area contributed by atoms with Crippen molar-refractivity contribution in [2.45, 2.75) is 32.7 Å². The molecule has 162 valence electrons. The van der Waals surface area contributed by atoms with E-state index in [1.165, 1.54) is 10.9 Å². The number of carbonyl (C=O) groups is 1. The Kier molecular flexibility index (Phi) is 5.71. The normalized spacial score (nSPS) is 16.4. The number of benzene rings is 2. The Morgan fingerprint density at radius 2 is 1.84 bits per heavy atom. The number of imidazole rings is 1. The molecule has 0 radical (unpaired) electrons. The lowest BCUT2D eigenvalue weighted by Gasteiger charge is -2.33. The Labute approximate surface area is 188 Å². The first kappa shape index (κ1) is 20.4. The van der Waals surface area contributed by atoms with Gasteiger partial charge in [0.2, 0.25) is 0 Å². The molecule has 32 heavy (non-hydrogen) atoms. The SMILES string of the molecule is Cc1nccn1Cc1ccccc1C(=O)N1CCCC(Cc2cccc3cccnc23)C1. The highest BCUT2D eigenvalue weighted by Crippen LogP contribution is 2.26. The van der Waals surface area contributed by atoms with Gasteiger partial charge in [0.15, 0.2) is 0 Å². The van der Waals surface area contributed by atoms with Gasteiger partial charge >= 0.3 is 0 Å². The molecule has 1 fully saturated rings. The Morgan fingerprint density at radius 3 is 2.72 bits per heavy atom. The molecule has 0 spiro atoms. The van der Waals surface area contributed by atoms with Gasteiger partial charge in [0.1, 0.15) is 5.82 Å². The number of piperidine rings is 1. The third-order valence-corrected chi connectivity index (χ3v) is 6.54. The van der Waals surface area contributed by atoms with E-state index in [2.05, 4.69) is 44.9 Å². The van der Waals surface area contributed by atoms with Crippen molar-refractivity contribution in [3.05, 3.63) is 95.7 Å². The van der Waals surface area contributed by atoms with E-state index < -0.39 is 0 Å². The van der Waals surface area contributed by atoms with E-state index in [-0.39, 0.29) is 5.91 Å². The summed E-state index contributed by atoms with van der Waals surface area (Å²) in [5.41, 5.74) is 4.20. The predicted octanol–water partition coefficient (Wildman–Crippen LogP) is 4.88. The van der Waals surface area contributed by atoms with E-state index in [0.29, 0.717) is 12.5 Å². The Bertz CT molecular complexity index is 1240. The molecule has 4 aromatic rings. The van der Waals surface area contributed by atoms with E-state index in [9.17, 15) is 4.79 Å². The van der Waals surface area contributed by atoms with Gasteiger partial charge in [-0.2, -0.15) is 0 Å². The molecule has 5 heteroatoms. The van der Waals surface area contributed by atoms with Crippen LogP contribution >= 0.6 is 0 Å². The van der Waals surface area contributed by atoms with Crippen molar-refractivity contribution >= 4 is 16.8 Å². The van der Waals surface area contributed by atoms with E-state index in [1.807, 2.05) is 48.5 Å². The maximum Gasteiger partial charge on any atom is 0.254 e. The highest BCUT2D eigenvalue weighted by Gasteiger charge is 2.26. The van der Waals surface area contributed by atoms with Crippen LogP contribution in [0.15, 0.2) is 73.2 Å². The van der Waals surface area contributed by atoms with E-state index >= 15 is 0 Å². The smallest absolute Gasteiger partial charge is 0.254 e. The fourth-order valence-corrected chi connectivity index (χ4v) is 4.85. The Morgan fingerprint density at radius 1 is 1.00 bits per heavy atom. The number of carbonyl (C=O) groups excluding carboxylic acids is 1. The molecular formula is C27H28N4O. The average molecular weight is 425 g/mol. The minimum atomic E-state index is 0.138. The lowest BCUT2D eigenvalue weighted by molar-refractivity contribution is 0.0672. The van der Waals surface area contributed by atoms with Crippen LogP contribution in [0.5, 0.6) is 0 Å². The highest BCUT2D eigenvalue weighted by molar-refractivity contribution is 5.95. The zero-order chi connectivity index (χ0) is 21.9. The molecule has 0 aliphatic carbocycles. The first-order chi connectivity index (χ1) is 15.7. The molecule has 1 amide bonds. The summed E-state index contributed by atoms with van der Waals surface area (Å²) >= 11 is 0. The van der Waals surface area contributed by atoms with Gasteiger partial charge < -0.3 is 9.47 Å². The van der Waals surface area contributed by atoms with Crippen molar-refractivity contribution < 1.29 is 4.79 Å². The maximum absolute atomic E-state index is 13.5. The van der Waals surface area contributed by atoms with Crippen LogP contribution < -0.4 is 0 Å². The maximum atomic E-state index is 13.5. The largest absolute Gasteiger partial charge is 0.338 e. The van der Waals surface area contributed by atoms with Gasteiger partial charge in [0.25, 0.3) is 5.91 Å². The monoisotopic (exact) mass is 424 g/mol. The molecule has 3 heterocycles. The number of nitrogens with zero attached hydrogens (tertiary/aromatic N) is 4. The Balaban J connectivity index is 1.34. The van der Waals surface area contributed by atoms with Crippen molar-refractivity contribution in [2.75, 3.05) is 13.1 Å². The summed E-state index contributed by atoms with van der Waals surface area (Å²) in [4.78, 5) is 24.5. The molecule has 1 unspecified atom stereocenters. The minimum absolute atomic E-state index is 0.138. The first-order valence-electron chi connectivity index (χ1n) is 11.4. The van der Waals surface area contributed by atoms with Crippen LogP contribution in [0.25, 0.3) is 10.9 Å². The second-order valence-corrected chi connectivity index (χ2v) is 8.72. The highest BCUT2D eigenvalue weighted by atomic mass is 16.2. The summed E-state index contributed by atoms with van der Waals surface area (Å²) in [6.07, 6.45) is 8.76. The van der Waals surface area contributed by atoms with Crippen molar-refractivity contribution in [3.63, 3.8) is 0 Å². The second kappa shape index (κ2) is 8.95. The van der Waals surface area contributed by atoms with E-state index in [1.54, 1.807) is 6.20 Å². The van der Waals surface area contributed by atoms with Gasteiger partial charge in [-0.1, -0.05) is 42.5 Å². The molecule has 2 aromatic carbocycles. The van der Waals surface area contributed by atoms with Crippen LogP contribution in [0, 0.1) is 12.8 Å². The molecule has 0 bridgehead atoms. The van der Waals surface area contributed by atoms with Crippen molar-refractivity contribution in [1.29, 1.82) is 0 Å². The van der Waals surface area contributed by atoms with Gasteiger partial charge in [-0.25, -0.2) is 4.98 Å². The molecule has 5 nitrogen and oxygen atoms in total. The fourth-order valence-electron chi connectivity index (χ4n) is 4.85. The molecule has 2 aromatic heterocycles. The van der Waals surface area contributed by atoms with Crippen LogP contribution in [0.4, 0.5) is 0 Å². The van der Waals surface area contributed by atoms with Crippen LogP contribution in [0.3, 0.4) is 0 Å². The van der Waals surface area contributed by atoms with Gasteiger partial charge in [-0.05, 0) is 55.4 Å². The predicted molar refractivity (Wildman–Crippen MR) is 127 cm³/mol. The quantitative estimate of drug-likeness (QED) is 0.459. The topological polar surface area (TPSA) is 51.0 Å². The number of fused-ring (bicyclic) bond motifs is 1. The van der Waals surface area contributed by atoms with Crippen LogP contribution in [-0.2, 0) is 13.0 Å². The number of pyridine rings is 1. The van der Waals surface area contributed by atoms with Crippen molar-refractivity contribution in [1.82, 2.24) is 19.4 Å². The number of aryl methyl sites for hydroxylation is 1. The van der Waals surface area contributed by atoms with Crippen LogP contribution in [0.1, 0.15) is 40.2 Å². The number of rotatable bonds is 5. The number of hydrogen-bond acceptors (Lipinski definition) is 3. The number of aromatic nitrogens is 3. The molecule has 1 aliphatic rings. The van der Waals surface area contributed by atoms with E-state index in [4.69, 9.17) is 0 Å². The van der Waals surface area contributed by atoms with Gasteiger partial charge in [-0.3, -0.25) is 9.78 Å². The lowest BCUT2D eigenvalue weighted by atomic mass is 9.90. The third-order valence-electron chi connectivity index (χ3n) is 6.54. The van der Waals surface area contributed by atoms with Crippen LogP contribution in [-0.4, -0.2) is 38.4 Å². The zero-order valence-corrected chi connectivity index (χ0v) is 18.4. The molecule has 1 aliphatic heterocycles.